The molecule has 0 atom stereocenters. The highest BCUT2D eigenvalue weighted by molar-refractivity contribution is 14.1. The molecule has 2 aromatic carbocycles. The summed E-state index contributed by atoms with van der Waals surface area (Å²) in [6.45, 7) is 0. The number of ether oxygens (including phenoxy) is 1. The maximum absolute atomic E-state index is 12.1. The van der Waals surface area contributed by atoms with Crippen molar-refractivity contribution in [1.29, 1.82) is 0 Å². The van der Waals surface area contributed by atoms with Crippen molar-refractivity contribution in [3.63, 3.8) is 0 Å². The number of nitro benzene ring substituents is 2. The van der Waals surface area contributed by atoms with Crippen LogP contribution >= 0.6 is 34.2 Å². The van der Waals surface area contributed by atoms with Crippen molar-refractivity contribution in [3.05, 3.63) is 82.0 Å². The second-order valence-electron chi connectivity index (χ2n) is 5.22. The molecule has 9 nitrogen and oxygen atoms in total. The minimum absolute atomic E-state index is 0.0173. The lowest BCUT2D eigenvalue weighted by atomic mass is 10.1. The summed E-state index contributed by atoms with van der Waals surface area (Å²) in [5, 5.41) is 22.3. The molecule has 11 heteroatoms. The number of aliphatic imine (C=N–C) groups is 1. The summed E-state index contributed by atoms with van der Waals surface area (Å²) in [5.74, 6) is -0.841. The first-order chi connectivity index (χ1) is 12.8. The van der Waals surface area contributed by atoms with E-state index in [1.54, 1.807) is 18.2 Å². The van der Waals surface area contributed by atoms with Crippen LogP contribution < -0.4 is 0 Å². The van der Waals surface area contributed by atoms with E-state index in [2.05, 4.69) is 27.6 Å². The quantitative estimate of drug-likeness (QED) is 0.205. The molecule has 0 amide bonds. The molecule has 0 saturated carbocycles. The molecule has 0 radical (unpaired) electrons. The summed E-state index contributed by atoms with van der Waals surface area (Å²) in [7, 11) is 0. The summed E-state index contributed by atoms with van der Waals surface area (Å²) < 4.78 is 5.95. The maximum atomic E-state index is 12.1. The second kappa shape index (κ2) is 7.40. The smallest absolute Gasteiger partial charge is 0.363 e. The van der Waals surface area contributed by atoms with E-state index in [4.69, 9.17) is 16.3 Å². The Balaban J connectivity index is 2.06. The van der Waals surface area contributed by atoms with E-state index in [0.717, 1.165) is 21.8 Å². The lowest BCUT2D eigenvalue weighted by Crippen LogP contribution is -2.06. The van der Waals surface area contributed by atoms with Crippen molar-refractivity contribution in [3.8, 4) is 0 Å². The number of esters is 1. The van der Waals surface area contributed by atoms with Crippen molar-refractivity contribution >= 4 is 63.5 Å². The molecule has 2 aromatic rings. The molecular formula is C16H7ClIN3O6. The molecule has 1 aliphatic rings. The van der Waals surface area contributed by atoms with Crippen LogP contribution in [0.1, 0.15) is 11.1 Å². The minimum Gasteiger partial charge on any atom is -0.402 e. The zero-order valence-corrected chi connectivity index (χ0v) is 16.0. The average Bonchev–Trinajstić information content (AvgIpc) is 2.97. The highest BCUT2D eigenvalue weighted by Gasteiger charge is 2.27. The molecule has 0 saturated heterocycles. The van der Waals surface area contributed by atoms with Gasteiger partial charge in [0.05, 0.1) is 32.1 Å². The summed E-state index contributed by atoms with van der Waals surface area (Å²) in [6, 6.07) is 8.14. The summed E-state index contributed by atoms with van der Waals surface area (Å²) in [4.78, 5) is 36.6. The molecule has 0 aliphatic carbocycles. The number of hydrogen-bond acceptors (Lipinski definition) is 7. The van der Waals surface area contributed by atoms with E-state index < -0.39 is 27.2 Å². The number of carbonyl (C=O) groups excluding carboxylic acids is 1. The number of nitro groups is 2. The van der Waals surface area contributed by atoms with Gasteiger partial charge in [0.2, 0.25) is 5.90 Å². The van der Waals surface area contributed by atoms with Gasteiger partial charge in [-0.15, -0.1) is 0 Å². The predicted octanol–water partition coefficient (Wildman–Crippen LogP) is 4.11. The Morgan fingerprint density at radius 3 is 2.52 bits per heavy atom. The van der Waals surface area contributed by atoms with Crippen LogP contribution in [0.15, 0.2) is 47.1 Å². The number of cyclic esters (lactones) is 1. The van der Waals surface area contributed by atoms with Crippen molar-refractivity contribution in [2.75, 3.05) is 0 Å². The Bertz CT molecular complexity index is 1070. The van der Waals surface area contributed by atoms with Crippen molar-refractivity contribution in [2.24, 2.45) is 4.99 Å². The molecule has 0 unspecified atom stereocenters. The third-order valence-corrected chi connectivity index (χ3v) is 4.49. The van der Waals surface area contributed by atoms with Crippen molar-refractivity contribution < 1.29 is 19.4 Å². The molecule has 1 aliphatic heterocycles. The Kier molecular flexibility index (Phi) is 5.19. The molecule has 27 heavy (non-hydrogen) atoms. The number of carbonyl (C=O) groups is 1. The first-order valence-corrected chi connectivity index (χ1v) is 8.63. The van der Waals surface area contributed by atoms with Gasteiger partial charge >= 0.3 is 5.97 Å². The molecule has 0 bridgehead atoms. The van der Waals surface area contributed by atoms with Gasteiger partial charge in [-0.1, -0.05) is 11.6 Å². The van der Waals surface area contributed by atoms with E-state index >= 15 is 0 Å². The van der Waals surface area contributed by atoms with Gasteiger partial charge in [-0.25, -0.2) is 9.79 Å². The first kappa shape index (κ1) is 18.9. The summed E-state index contributed by atoms with van der Waals surface area (Å²) in [5.41, 5.74) is -0.764. The fourth-order valence-corrected chi connectivity index (χ4v) is 2.95. The maximum Gasteiger partial charge on any atom is 0.363 e. The normalized spacial score (nSPS) is 14.8. The van der Waals surface area contributed by atoms with E-state index in [0.29, 0.717) is 10.6 Å². The van der Waals surface area contributed by atoms with Crippen LogP contribution in [0.2, 0.25) is 5.02 Å². The first-order valence-electron chi connectivity index (χ1n) is 7.17. The number of rotatable bonds is 4. The third-order valence-electron chi connectivity index (χ3n) is 3.49. The highest BCUT2D eigenvalue weighted by atomic mass is 127. The average molecular weight is 500 g/mol. The Morgan fingerprint density at radius 2 is 1.85 bits per heavy atom. The van der Waals surface area contributed by atoms with Crippen molar-refractivity contribution in [1.82, 2.24) is 0 Å². The molecular weight excluding hydrogens is 493 g/mol. The lowest BCUT2D eigenvalue weighted by molar-refractivity contribution is -0.394. The van der Waals surface area contributed by atoms with Crippen LogP contribution in [0, 0.1) is 23.8 Å². The van der Waals surface area contributed by atoms with Gasteiger partial charge in [-0.3, -0.25) is 20.2 Å². The predicted molar refractivity (Wildman–Crippen MR) is 105 cm³/mol. The second-order valence-corrected chi connectivity index (χ2v) is 6.87. The van der Waals surface area contributed by atoms with Gasteiger partial charge in [0.15, 0.2) is 5.70 Å². The fourth-order valence-electron chi connectivity index (χ4n) is 2.26. The monoisotopic (exact) mass is 499 g/mol. The molecule has 0 N–H and O–H groups in total. The van der Waals surface area contributed by atoms with Gasteiger partial charge in [-0.2, -0.15) is 0 Å². The van der Waals surface area contributed by atoms with Gasteiger partial charge in [0, 0.05) is 9.64 Å². The molecule has 0 spiro atoms. The number of halogens is 2. The van der Waals surface area contributed by atoms with E-state index in [9.17, 15) is 25.0 Å². The van der Waals surface area contributed by atoms with Crippen LogP contribution in [0.4, 0.5) is 11.4 Å². The number of benzene rings is 2. The number of hydrogen-bond donors (Lipinski definition) is 0. The van der Waals surface area contributed by atoms with E-state index in [1.165, 1.54) is 6.07 Å². The SMILES string of the molecule is O=C1OC(c2cc(I)ccc2Cl)=N/C1=C\c1ccc([N+](=O)[O-])cc1[N+](=O)[O-]. The van der Waals surface area contributed by atoms with Gasteiger partial charge < -0.3 is 4.74 Å². The molecule has 1 heterocycles. The number of non-ortho nitro benzene ring substituents is 1. The fraction of sp³-hybridized carbons (Fsp3) is 0. The van der Waals surface area contributed by atoms with Crippen LogP contribution in [0.25, 0.3) is 6.08 Å². The molecule has 0 fully saturated rings. The summed E-state index contributed by atoms with van der Waals surface area (Å²) >= 11 is 8.16. The minimum atomic E-state index is -0.812. The Hall–Kier alpha value is -2.86. The topological polar surface area (TPSA) is 125 Å². The van der Waals surface area contributed by atoms with Gasteiger partial charge in [0.1, 0.15) is 0 Å². The standard InChI is InChI=1S/C16H7ClIN3O6/c17-12-4-2-9(18)6-11(12)15-19-13(16(22)27-15)5-8-1-3-10(20(23)24)7-14(8)21(25)26/h1-7H/b13-5-. The zero-order chi connectivity index (χ0) is 19.7. The zero-order valence-electron chi connectivity index (χ0n) is 13.1. The summed E-state index contributed by atoms with van der Waals surface area (Å²) in [6.07, 6.45) is 1.14. The molecule has 136 valence electrons. The van der Waals surface area contributed by atoms with Crippen LogP contribution in [0.5, 0.6) is 0 Å². The van der Waals surface area contributed by atoms with Gasteiger partial charge in [0.25, 0.3) is 11.4 Å². The number of nitrogens with zero attached hydrogens (tertiary/aromatic N) is 3. The largest absolute Gasteiger partial charge is 0.402 e. The van der Waals surface area contributed by atoms with Crippen LogP contribution in [0.3, 0.4) is 0 Å². The highest BCUT2D eigenvalue weighted by Crippen LogP contribution is 2.29. The van der Waals surface area contributed by atoms with Crippen LogP contribution in [-0.2, 0) is 9.53 Å². The van der Waals surface area contributed by atoms with Crippen molar-refractivity contribution in [2.45, 2.75) is 0 Å². The lowest BCUT2D eigenvalue weighted by Gasteiger charge is -2.02. The van der Waals surface area contributed by atoms with E-state index in [-0.39, 0.29) is 17.2 Å². The Morgan fingerprint density at radius 1 is 1.11 bits per heavy atom. The Labute approximate surface area is 169 Å². The van der Waals surface area contributed by atoms with Crippen LogP contribution in [-0.4, -0.2) is 21.7 Å². The molecule has 3 rings (SSSR count). The third kappa shape index (κ3) is 3.95. The van der Waals surface area contributed by atoms with Gasteiger partial charge in [-0.05, 0) is 52.9 Å². The molecule has 0 aromatic heterocycles. The van der Waals surface area contributed by atoms with E-state index in [1.807, 2.05) is 0 Å².